The quantitative estimate of drug-likeness (QED) is 0.792. The number of rotatable bonds is 6. The van der Waals surface area contributed by atoms with Crippen molar-refractivity contribution in [1.29, 1.82) is 0 Å². The summed E-state index contributed by atoms with van der Waals surface area (Å²) in [5, 5.41) is 0. The van der Waals surface area contributed by atoms with Gasteiger partial charge < -0.3 is 18.8 Å². The van der Waals surface area contributed by atoms with Crippen molar-refractivity contribution in [2.75, 3.05) is 47.0 Å². The van der Waals surface area contributed by atoms with Crippen LogP contribution in [0.5, 0.6) is 0 Å². The second kappa shape index (κ2) is 7.68. The number of carbonyl (C=O) groups excluding carboxylic acids is 1. The van der Waals surface area contributed by atoms with E-state index >= 15 is 0 Å². The number of nitrogens with zero attached hydrogens (tertiary/aromatic N) is 2. The zero-order chi connectivity index (χ0) is 17.0. The van der Waals surface area contributed by atoms with E-state index in [9.17, 15) is 4.79 Å². The molecule has 24 heavy (non-hydrogen) atoms. The predicted molar refractivity (Wildman–Crippen MR) is 89.5 cm³/mol. The number of furan rings is 1. The van der Waals surface area contributed by atoms with Gasteiger partial charge in [0.2, 0.25) is 5.91 Å². The fourth-order valence-corrected chi connectivity index (χ4v) is 3.58. The van der Waals surface area contributed by atoms with Gasteiger partial charge in [0, 0.05) is 26.2 Å². The Hall–Kier alpha value is -1.37. The van der Waals surface area contributed by atoms with E-state index in [0.717, 1.165) is 45.5 Å². The molecule has 1 atom stereocenters. The number of likely N-dealkylation sites (N-methyl/N-ethyl adjacent to an activating group) is 1. The van der Waals surface area contributed by atoms with E-state index in [-0.39, 0.29) is 18.6 Å². The largest absolute Gasteiger partial charge is 0.472 e. The molecule has 0 aliphatic carbocycles. The summed E-state index contributed by atoms with van der Waals surface area (Å²) in [7, 11) is 3.48. The van der Waals surface area contributed by atoms with Gasteiger partial charge in [-0.05, 0) is 43.8 Å². The molecule has 0 unspecified atom stereocenters. The van der Waals surface area contributed by atoms with Crippen molar-refractivity contribution in [3.63, 3.8) is 0 Å². The Morgan fingerprint density at radius 1 is 1.42 bits per heavy atom. The summed E-state index contributed by atoms with van der Waals surface area (Å²) in [4.78, 5) is 15.6. The first-order valence-corrected chi connectivity index (χ1v) is 8.69. The normalized spacial score (nSPS) is 23.7. The van der Waals surface area contributed by atoms with Crippen LogP contribution in [0.15, 0.2) is 23.0 Å². The summed E-state index contributed by atoms with van der Waals surface area (Å²) in [6, 6.07) is 2.03. The molecule has 1 spiro atoms. The molecule has 1 aromatic heterocycles. The Kier molecular flexibility index (Phi) is 5.58. The van der Waals surface area contributed by atoms with Crippen molar-refractivity contribution in [1.82, 2.24) is 9.80 Å². The molecule has 3 rings (SSSR count). The van der Waals surface area contributed by atoms with E-state index in [0.29, 0.717) is 12.0 Å². The van der Waals surface area contributed by atoms with E-state index < -0.39 is 0 Å². The highest BCUT2D eigenvalue weighted by Crippen LogP contribution is 2.42. The Morgan fingerprint density at radius 2 is 2.21 bits per heavy atom. The molecule has 0 aromatic carbocycles. The van der Waals surface area contributed by atoms with E-state index in [1.165, 1.54) is 5.56 Å². The minimum atomic E-state index is -0.00438. The van der Waals surface area contributed by atoms with Crippen molar-refractivity contribution in [3.8, 4) is 0 Å². The maximum absolute atomic E-state index is 11.5. The third-order valence-corrected chi connectivity index (χ3v) is 5.22. The number of likely N-dealkylation sites (tertiary alicyclic amines) is 1. The average molecular weight is 336 g/mol. The van der Waals surface area contributed by atoms with Crippen LogP contribution in [0.4, 0.5) is 0 Å². The lowest BCUT2D eigenvalue weighted by molar-refractivity contribution is -0.134. The van der Waals surface area contributed by atoms with Gasteiger partial charge >= 0.3 is 0 Å². The summed E-state index contributed by atoms with van der Waals surface area (Å²) in [6.07, 6.45) is 7.06. The van der Waals surface area contributed by atoms with Crippen LogP contribution < -0.4 is 0 Å². The van der Waals surface area contributed by atoms with E-state index in [1.807, 2.05) is 12.3 Å². The van der Waals surface area contributed by atoms with Crippen molar-refractivity contribution in [3.05, 3.63) is 24.2 Å². The first-order chi connectivity index (χ1) is 11.6. The van der Waals surface area contributed by atoms with Crippen molar-refractivity contribution >= 4 is 5.91 Å². The molecule has 0 saturated carbocycles. The van der Waals surface area contributed by atoms with E-state index in [2.05, 4.69) is 4.90 Å². The molecule has 6 nitrogen and oxygen atoms in total. The summed E-state index contributed by atoms with van der Waals surface area (Å²) < 4.78 is 16.6. The minimum absolute atomic E-state index is 0.00438. The molecule has 2 aliphatic rings. The molecule has 0 bridgehead atoms. The minimum Gasteiger partial charge on any atom is -0.472 e. The van der Waals surface area contributed by atoms with Gasteiger partial charge in [0.25, 0.3) is 0 Å². The van der Waals surface area contributed by atoms with Gasteiger partial charge in [0.05, 0.1) is 31.8 Å². The van der Waals surface area contributed by atoms with Crippen LogP contribution in [0.25, 0.3) is 0 Å². The summed E-state index contributed by atoms with van der Waals surface area (Å²) in [6.45, 7) is 4.63. The second-order valence-electron chi connectivity index (χ2n) is 7.35. The Morgan fingerprint density at radius 3 is 2.88 bits per heavy atom. The van der Waals surface area contributed by atoms with Gasteiger partial charge in [-0.15, -0.1) is 0 Å². The molecule has 1 aromatic rings. The third-order valence-electron chi connectivity index (χ3n) is 5.22. The molecule has 2 fully saturated rings. The van der Waals surface area contributed by atoms with Gasteiger partial charge in [-0.1, -0.05) is 0 Å². The standard InChI is InChI=1S/C18H28N2O4/c1-19(2)17(21)13-23-12-16-9-18(14-24-16)4-6-20(7-5-18)10-15-3-8-22-11-15/h3,8,11,16H,4-7,9-10,12-14H2,1-2H3/t16-/m0/s1. The topological polar surface area (TPSA) is 55.2 Å². The fourth-order valence-electron chi connectivity index (χ4n) is 3.58. The fraction of sp³-hybridized carbons (Fsp3) is 0.722. The highest BCUT2D eigenvalue weighted by molar-refractivity contribution is 5.76. The monoisotopic (exact) mass is 336 g/mol. The van der Waals surface area contributed by atoms with E-state index in [1.54, 1.807) is 25.3 Å². The summed E-state index contributed by atoms with van der Waals surface area (Å²) >= 11 is 0. The smallest absolute Gasteiger partial charge is 0.248 e. The first kappa shape index (κ1) is 17.5. The zero-order valence-electron chi connectivity index (χ0n) is 14.7. The van der Waals surface area contributed by atoms with Gasteiger partial charge in [-0.2, -0.15) is 0 Å². The summed E-state index contributed by atoms with van der Waals surface area (Å²) in [5.74, 6) is -0.00438. The number of ether oxygens (including phenoxy) is 2. The molecule has 134 valence electrons. The van der Waals surface area contributed by atoms with Gasteiger partial charge in [-0.3, -0.25) is 9.69 Å². The molecule has 0 N–H and O–H groups in total. The maximum atomic E-state index is 11.5. The van der Waals surface area contributed by atoms with Crippen molar-refractivity contribution in [2.45, 2.75) is 31.9 Å². The number of amides is 1. The lowest BCUT2D eigenvalue weighted by Crippen LogP contribution is -2.40. The van der Waals surface area contributed by atoms with Crippen LogP contribution >= 0.6 is 0 Å². The second-order valence-corrected chi connectivity index (χ2v) is 7.35. The van der Waals surface area contributed by atoms with Crippen LogP contribution in [-0.2, 0) is 20.8 Å². The van der Waals surface area contributed by atoms with E-state index in [4.69, 9.17) is 13.9 Å². The Labute approximate surface area is 143 Å². The molecule has 6 heteroatoms. The number of piperidine rings is 1. The van der Waals surface area contributed by atoms with Gasteiger partial charge in [-0.25, -0.2) is 0 Å². The number of hydrogen-bond donors (Lipinski definition) is 0. The lowest BCUT2D eigenvalue weighted by Gasteiger charge is -2.38. The highest BCUT2D eigenvalue weighted by Gasteiger charge is 2.42. The Balaban J connectivity index is 1.38. The van der Waals surface area contributed by atoms with Crippen LogP contribution in [0, 0.1) is 5.41 Å². The van der Waals surface area contributed by atoms with Gasteiger partial charge in [0.1, 0.15) is 6.61 Å². The van der Waals surface area contributed by atoms with Crippen molar-refractivity contribution < 1.29 is 18.7 Å². The molecule has 2 saturated heterocycles. The highest BCUT2D eigenvalue weighted by atomic mass is 16.5. The third kappa shape index (κ3) is 4.37. The molecule has 3 heterocycles. The SMILES string of the molecule is CN(C)C(=O)COC[C@@H]1CC2(CCN(Cc3ccoc3)CC2)CO1. The molecule has 1 amide bonds. The average Bonchev–Trinajstić information content (AvgIpc) is 3.20. The molecule has 2 aliphatic heterocycles. The summed E-state index contributed by atoms with van der Waals surface area (Å²) in [5.41, 5.74) is 1.54. The van der Waals surface area contributed by atoms with Crippen LogP contribution in [0.3, 0.4) is 0 Å². The molecular weight excluding hydrogens is 308 g/mol. The molecule has 0 radical (unpaired) electrons. The molecular formula is C18H28N2O4. The zero-order valence-corrected chi connectivity index (χ0v) is 14.7. The van der Waals surface area contributed by atoms with Crippen LogP contribution in [0.2, 0.25) is 0 Å². The lowest BCUT2D eigenvalue weighted by atomic mass is 9.76. The number of hydrogen-bond acceptors (Lipinski definition) is 5. The predicted octanol–water partition coefficient (Wildman–Crippen LogP) is 1.76. The van der Waals surface area contributed by atoms with Crippen LogP contribution in [0.1, 0.15) is 24.8 Å². The van der Waals surface area contributed by atoms with Crippen molar-refractivity contribution in [2.24, 2.45) is 5.41 Å². The van der Waals surface area contributed by atoms with Crippen LogP contribution in [-0.4, -0.2) is 68.8 Å². The first-order valence-electron chi connectivity index (χ1n) is 8.69. The maximum Gasteiger partial charge on any atom is 0.248 e. The Bertz CT molecular complexity index is 521. The number of carbonyl (C=O) groups is 1. The van der Waals surface area contributed by atoms with Gasteiger partial charge in [0.15, 0.2) is 0 Å².